The predicted molar refractivity (Wildman–Crippen MR) is 168 cm³/mol. The molecule has 3 aromatic rings. The lowest BCUT2D eigenvalue weighted by atomic mass is 10.0. The Balaban J connectivity index is 1.26. The smallest absolute Gasteiger partial charge is 0.415 e. The molecule has 1 N–H and O–H groups in total. The molecule has 234 valence electrons. The van der Waals surface area contributed by atoms with Crippen LogP contribution in [0.2, 0.25) is 0 Å². The van der Waals surface area contributed by atoms with Gasteiger partial charge >= 0.3 is 12.1 Å². The van der Waals surface area contributed by atoms with E-state index in [0.717, 1.165) is 10.8 Å². The summed E-state index contributed by atoms with van der Waals surface area (Å²) in [5.41, 5.74) is -0.0908. The van der Waals surface area contributed by atoms with Crippen molar-refractivity contribution in [3.8, 4) is 0 Å². The molecule has 1 unspecified atom stereocenters. The molecule has 45 heavy (non-hydrogen) atoms. The number of benzene rings is 3. The third kappa shape index (κ3) is 7.04. The summed E-state index contributed by atoms with van der Waals surface area (Å²) in [6.07, 6.45) is -0.727. The van der Waals surface area contributed by atoms with Crippen LogP contribution in [0.4, 0.5) is 16.2 Å². The van der Waals surface area contributed by atoms with Crippen LogP contribution in [0.3, 0.4) is 0 Å². The van der Waals surface area contributed by atoms with E-state index in [9.17, 15) is 29.3 Å². The first-order chi connectivity index (χ1) is 21.3. The van der Waals surface area contributed by atoms with Crippen molar-refractivity contribution in [3.63, 3.8) is 0 Å². The van der Waals surface area contributed by atoms with Crippen molar-refractivity contribution in [2.24, 2.45) is 0 Å². The second-order valence-electron chi connectivity index (χ2n) is 11.3. The molecule has 2 aliphatic rings. The molecule has 0 radical (unpaired) electrons. The lowest BCUT2D eigenvalue weighted by Crippen LogP contribution is -2.71. The molecule has 14 heteroatoms. The maximum absolute atomic E-state index is 13.3. The van der Waals surface area contributed by atoms with Crippen LogP contribution < -0.4 is 10.2 Å². The summed E-state index contributed by atoms with van der Waals surface area (Å²) < 4.78 is 10.9. The van der Waals surface area contributed by atoms with Gasteiger partial charge in [0.2, 0.25) is 5.91 Å². The van der Waals surface area contributed by atoms with Crippen LogP contribution in [0.15, 0.2) is 77.5 Å². The first-order valence-electron chi connectivity index (χ1n) is 13.8. The number of fused-ring (bicyclic) bond motifs is 2. The first kappa shape index (κ1) is 31.8. The number of esters is 1. The minimum atomic E-state index is -0.971. The van der Waals surface area contributed by atoms with Crippen molar-refractivity contribution < 1.29 is 33.6 Å². The minimum Gasteiger partial charge on any atom is -0.456 e. The molecule has 2 heterocycles. The van der Waals surface area contributed by atoms with Gasteiger partial charge in [0.15, 0.2) is 0 Å². The van der Waals surface area contributed by atoms with Gasteiger partial charge in [0.05, 0.1) is 9.96 Å². The third-order valence-electron chi connectivity index (χ3n) is 6.91. The van der Waals surface area contributed by atoms with E-state index in [-0.39, 0.29) is 28.8 Å². The molecule has 0 saturated carbocycles. The van der Waals surface area contributed by atoms with Gasteiger partial charge in [-0.2, -0.15) is 0 Å². The number of hydrogen-bond donors (Lipinski definition) is 1. The van der Waals surface area contributed by atoms with Crippen LogP contribution >= 0.6 is 23.4 Å². The number of ether oxygens (including phenoxy) is 2. The van der Waals surface area contributed by atoms with Gasteiger partial charge in [0, 0.05) is 23.6 Å². The molecule has 0 spiro atoms. The van der Waals surface area contributed by atoms with Crippen molar-refractivity contribution in [1.82, 2.24) is 10.2 Å². The van der Waals surface area contributed by atoms with Crippen LogP contribution in [-0.4, -0.2) is 63.0 Å². The Hall–Kier alpha value is -4.62. The van der Waals surface area contributed by atoms with E-state index in [1.54, 1.807) is 32.9 Å². The second-order valence-corrected chi connectivity index (χ2v) is 12.9. The van der Waals surface area contributed by atoms with Crippen molar-refractivity contribution in [2.75, 3.05) is 17.2 Å². The molecule has 0 aromatic heterocycles. The maximum Gasteiger partial charge on any atom is 0.415 e. The van der Waals surface area contributed by atoms with E-state index in [0.29, 0.717) is 11.3 Å². The molecule has 0 bridgehead atoms. The Morgan fingerprint density at radius 1 is 1.09 bits per heavy atom. The van der Waals surface area contributed by atoms with Gasteiger partial charge in [-0.15, -0.1) is 11.8 Å². The summed E-state index contributed by atoms with van der Waals surface area (Å²) in [4.78, 5) is 65.4. The van der Waals surface area contributed by atoms with E-state index in [4.69, 9.17) is 21.1 Å². The highest BCUT2D eigenvalue weighted by Crippen LogP contribution is 2.41. The number of amides is 3. The van der Waals surface area contributed by atoms with E-state index in [1.165, 1.54) is 45.8 Å². The van der Waals surface area contributed by atoms with Crippen LogP contribution in [0, 0.1) is 10.1 Å². The fourth-order valence-corrected chi connectivity index (χ4v) is 6.34. The van der Waals surface area contributed by atoms with Crippen LogP contribution in [0.1, 0.15) is 26.3 Å². The average molecular weight is 653 g/mol. The number of carbonyl (C=O) groups excluding carboxylic acids is 4. The summed E-state index contributed by atoms with van der Waals surface area (Å²) >= 11 is 7.61. The number of thioether (sulfide) groups is 1. The zero-order valence-corrected chi connectivity index (χ0v) is 26.1. The van der Waals surface area contributed by atoms with Crippen LogP contribution in [-0.2, 0) is 30.5 Å². The van der Waals surface area contributed by atoms with Gasteiger partial charge in [-0.1, -0.05) is 41.9 Å². The van der Waals surface area contributed by atoms with Crippen LogP contribution in [0.5, 0.6) is 0 Å². The molecule has 5 rings (SSSR count). The Morgan fingerprint density at radius 3 is 2.44 bits per heavy atom. The lowest BCUT2D eigenvalue weighted by molar-refractivity contribution is -0.384. The molecular weight excluding hydrogens is 624 g/mol. The fraction of sp³-hybridized carbons (Fsp3) is 0.290. The molecule has 2 atom stereocenters. The quantitative estimate of drug-likeness (QED) is 0.152. The number of β-lactam (4-membered cyclic amide) rings is 1. The van der Waals surface area contributed by atoms with Gasteiger partial charge in [0.1, 0.15) is 35.9 Å². The molecule has 12 nitrogen and oxygen atoms in total. The summed E-state index contributed by atoms with van der Waals surface area (Å²) in [6, 6.07) is 17.4. The average Bonchev–Trinajstić information content (AvgIpc) is 3.00. The minimum absolute atomic E-state index is 0.103. The van der Waals surface area contributed by atoms with Gasteiger partial charge < -0.3 is 14.8 Å². The monoisotopic (exact) mass is 652 g/mol. The summed E-state index contributed by atoms with van der Waals surface area (Å²) in [5, 5.41) is 14.9. The SMILES string of the molecule is CC(C)(C)OC(=O)N(CC(=O)NC1C(=O)N2C(C(=O)OCc3ccc([N+](=O)[O-])cc3)=C(Cl)CS[C@@H]12)c1ccc2ccccc2c1. The van der Waals surface area contributed by atoms with E-state index < -0.39 is 52.4 Å². The molecule has 2 aliphatic heterocycles. The lowest BCUT2D eigenvalue weighted by Gasteiger charge is -2.49. The molecule has 3 amide bonds. The third-order valence-corrected chi connectivity index (χ3v) is 8.66. The Bertz CT molecular complexity index is 1720. The Morgan fingerprint density at radius 2 is 1.78 bits per heavy atom. The zero-order valence-electron chi connectivity index (χ0n) is 24.5. The second kappa shape index (κ2) is 12.8. The molecule has 3 aromatic carbocycles. The number of rotatable bonds is 8. The Kier molecular flexibility index (Phi) is 9.03. The van der Waals surface area contributed by atoms with E-state index in [2.05, 4.69) is 5.32 Å². The van der Waals surface area contributed by atoms with E-state index >= 15 is 0 Å². The van der Waals surface area contributed by atoms with Gasteiger partial charge in [-0.3, -0.25) is 29.5 Å². The number of halogens is 1. The number of non-ortho nitro benzene ring substituents is 1. The molecular formula is C31H29ClN4O8S. The summed E-state index contributed by atoms with van der Waals surface area (Å²) in [6.45, 7) is 4.55. The normalized spacial score (nSPS) is 17.7. The van der Waals surface area contributed by atoms with Crippen molar-refractivity contribution in [2.45, 2.75) is 44.4 Å². The number of nitrogens with one attached hydrogen (secondary N) is 1. The highest BCUT2D eigenvalue weighted by Gasteiger charge is 2.54. The topological polar surface area (TPSA) is 148 Å². The van der Waals surface area contributed by atoms with Crippen molar-refractivity contribution >= 4 is 69.4 Å². The molecule has 0 aliphatic carbocycles. The number of carbonyl (C=O) groups is 4. The number of anilines is 1. The summed E-state index contributed by atoms with van der Waals surface area (Å²) in [7, 11) is 0. The van der Waals surface area contributed by atoms with Crippen LogP contribution in [0.25, 0.3) is 10.8 Å². The van der Waals surface area contributed by atoms with Gasteiger partial charge in [0.25, 0.3) is 11.6 Å². The number of hydrogen-bond acceptors (Lipinski definition) is 9. The highest BCUT2D eigenvalue weighted by molar-refractivity contribution is 8.00. The number of nitrogens with zero attached hydrogens (tertiary/aromatic N) is 3. The fourth-order valence-electron chi connectivity index (χ4n) is 4.79. The number of nitro groups is 1. The van der Waals surface area contributed by atoms with Gasteiger partial charge in [-0.25, -0.2) is 9.59 Å². The van der Waals surface area contributed by atoms with E-state index in [1.807, 2.05) is 30.3 Å². The highest BCUT2D eigenvalue weighted by atomic mass is 35.5. The standard InChI is InChI=1S/C31H29ClN4O8S/c1-31(2,3)44-30(40)34(22-13-10-19-6-4-5-7-20(19)14-22)15-24(37)33-25-27(38)35-26(23(32)17-45-28(25)35)29(39)43-16-18-8-11-21(12-9-18)36(41)42/h4-14,25,28H,15-17H2,1-3H3,(H,33,37)/t25?,28-/m0/s1. The largest absolute Gasteiger partial charge is 0.456 e. The van der Waals surface area contributed by atoms with Crippen molar-refractivity contribution in [3.05, 3.63) is 93.1 Å². The van der Waals surface area contributed by atoms with Crippen molar-refractivity contribution in [1.29, 1.82) is 0 Å². The predicted octanol–water partition coefficient (Wildman–Crippen LogP) is 5.08. The molecule has 1 saturated heterocycles. The van der Waals surface area contributed by atoms with Gasteiger partial charge in [-0.05, 0) is 61.4 Å². The molecule has 1 fully saturated rings. The summed E-state index contributed by atoms with van der Waals surface area (Å²) in [5.74, 6) is -1.80. The number of nitro benzene ring substituents is 1. The Labute approximate surface area is 267 Å². The maximum atomic E-state index is 13.3. The zero-order chi connectivity index (χ0) is 32.5. The first-order valence-corrected chi connectivity index (χ1v) is 15.3.